The van der Waals surface area contributed by atoms with Crippen LogP contribution in [0, 0.1) is 0 Å². The number of aromatic nitrogens is 6. The van der Waals surface area contributed by atoms with Crippen LogP contribution in [0.1, 0.15) is 61.8 Å². The summed E-state index contributed by atoms with van der Waals surface area (Å²) in [6, 6.07) is 0. The highest BCUT2D eigenvalue weighted by Gasteiger charge is 2.33. The van der Waals surface area contributed by atoms with Crippen molar-refractivity contribution in [1.82, 2.24) is 34.4 Å². The zero-order chi connectivity index (χ0) is 16.2. The average molecular weight is 315 g/mol. The maximum absolute atomic E-state index is 12.6. The Morgan fingerprint density at radius 3 is 2.65 bits per heavy atom. The van der Waals surface area contributed by atoms with Crippen LogP contribution in [0.5, 0.6) is 0 Å². The lowest BCUT2D eigenvalue weighted by Gasteiger charge is -2.27. The zero-order valence-electron chi connectivity index (χ0n) is 13.7. The van der Waals surface area contributed by atoms with E-state index in [1.807, 2.05) is 20.8 Å². The Balaban J connectivity index is 1.52. The van der Waals surface area contributed by atoms with Crippen LogP contribution in [0.2, 0.25) is 0 Å². The molecule has 8 heteroatoms. The first-order chi connectivity index (χ1) is 10.9. The first kappa shape index (κ1) is 14.3. The van der Waals surface area contributed by atoms with Crippen molar-refractivity contribution in [3.05, 3.63) is 23.8 Å². The summed E-state index contributed by atoms with van der Waals surface area (Å²) >= 11 is 0. The fourth-order valence-electron chi connectivity index (χ4n) is 2.82. The fraction of sp³-hybridized carbons (Fsp3) is 0.667. The minimum Gasteiger partial charge on any atom is -0.327 e. The van der Waals surface area contributed by atoms with Gasteiger partial charge in [-0.1, -0.05) is 0 Å². The van der Waals surface area contributed by atoms with E-state index in [2.05, 4.69) is 24.8 Å². The minimum absolute atomic E-state index is 0.143. The summed E-state index contributed by atoms with van der Waals surface area (Å²) < 4.78 is 3.89. The topological polar surface area (TPSA) is 81.7 Å². The molecule has 0 N–H and O–H groups in total. The highest BCUT2D eigenvalue weighted by molar-refractivity contribution is 5.90. The zero-order valence-corrected chi connectivity index (χ0v) is 13.7. The number of fused-ring (bicyclic) bond motifs is 1. The second kappa shape index (κ2) is 4.87. The molecule has 23 heavy (non-hydrogen) atoms. The second-order valence-corrected chi connectivity index (χ2v) is 7.31. The summed E-state index contributed by atoms with van der Waals surface area (Å²) in [5.74, 6) is 2.62. The Kier molecular flexibility index (Phi) is 3.04. The van der Waals surface area contributed by atoms with Gasteiger partial charge >= 0.3 is 0 Å². The molecule has 1 saturated carbocycles. The molecular weight excluding hydrogens is 294 g/mol. The third-order valence-corrected chi connectivity index (χ3v) is 4.38. The van der Waals surface area contributed by atoms with E-state index in [1.54, 1.807) is 15.9 Å². The van der Waals surface area contributed by atoms with Crippen molar-refractivity contribution in [3.63, 3.8) is 0 Å². The normalized spacial score (nSPS) is 18.1. The molecule has 1 aliphatic heterocycles. The number of hydrogen-bond donors (Lipinski definition) is 0. The molecule has 4 rings (SSSR count). The first-order valence-corrected chi connectivity index (χ1v) is 8.07. The third-order valence-electron chi connectivity index (χ3n) is 4.38. The summed E-state index contributed by atoms with van der Waals surface area (Å²) in [7, 11) is 0. The summed E-state index contributed by atoms with van der Waals surface area (Å²) in [5.41, 5.74) is -0.188. The highest BCUT2D eigenvalue weighted by Crippen LogP contribution is 2.39. The van der Waals surface area contributed by atoms with Gasteiger partial charge in [-0.15, -0.1) is 15.3 Å². The molecule has 2 aliphatic rings. The van der Waals surface area contributed by atoms with E-state index in [9.17, 15) is 4.79 Å². The van der Waals surface area contributed by atoms with Crippen molar-refractivity contribution >= 4 is 5.91 Å². The van der Waals surface area contributed by atoms with Gasteiger partial charge in [-0.2, -0.15) is 0 Å². The molecule has 0 radical (unpaired) electrons. The van der Waals surface area contributed by atoms with Crippen LogP contribution in [-0.2, 0) is 18.6 Å². The molecule has 0 aromatic carbocycles. The quantitative estimate of drug-likeness (QED) is 0.830. The van der Waals surface area contributed by atoms with E-state index in [0.29, 0.717) is 19.0 Å². The summed E-state index contributed by atoms with van der Waals surface area (Å²) in [6.07, 6.45) is 4.02. The van der Waals surface area contributed by atoms with E-state index in [1.165, 1.54) is 12.8 Å². The SMILES string of the molecule is CC(C)(C)n1cnc(C(=O)N2CCn3c(nnc3C3CC3)C2)n1. The third kappa shape index (κ3) is 2.51. The Hall–Kier alpha value is -2.25. The van der Waals surface area contributed by atoms with Crippen molar-refractivity contribution in [2.75, 3.05) is 6.54 Å². The lowest BCUT2D eigenvalue weighted by atomic mass is 10.1. The van der Waals surface area contributed by atoms with Gasteiger partial charge in [-0.05, 0) is 33.6 Å². The van der Waals surface area contributed by atoms with Crippen molar-refractivity contribution < 1.29 is 4.79 Å². The molecule has 122 valence electrons. The summed E-state index contributed by atoms with van der Waals surface area (Å²) in [4.78, 5) is 18.6. The van der Waals surface area contributed by atoms with Gasteiger partial charge in [-0.25, -0.2) is 9.67 Å². The molecule has 1 fully saturated rings. The second-order valence-electron chi connectivity index (χ2n) is 7.31. The van der Waals surface area contributed by atoms with E-state index in [-0.39, 0.29) is 17.3 Å². The molecule has 0 atom stereocenters. The predicted molar refractivity (Wildman–Crippen MR) is 81.8 cm³/mol. The average Bonchev–Trinajstić information content (AvgIpc) is 3.07. The molecule has 8 nitrogen and oxygen atoms in total. The Morgan fingerprint density at radius 1 is 1.22 bits per heavy atom. The smallest absolute Gasteiger partial charge is 0.293 e. The van der Waals surface area contributed by atoms with Crippen LogP contribution in [0.4, 0.5) is 0 Å². The van der Waals surface area contributed by atoms with Crippen molar-refractivity contribution in [2.45, 2.75) is 58.2 Å². The van der Waals surface area contributed by atoms with E-state index >= 15 is 0 Å². The number of rotatable bonds is 2. The molecule has 2 aromatic heterocycles. The molecular formula is C15H21N7O. The van der Waals surface area contributed by atoms with E-state index < -0.39 is 0 Å². The molecule has 3 heterocycles. The Morgan fingerprint density at radius 2 is 2.00 bits per heavy atom. The van der Waals surface area contributed by atoms with Crippen LogP contribution in [0.25, 0.3) is 0 Å². The van der Waals surface area contributed by atoms with Crippen molar-refractivity contribution in [3.8, 4) is 0 Å². The van der Waals surface area contributed by atoms with Gasteiger partial charge in [0.15, 0.2) is 5.82 Å². The van der Waals surface area contributed by atoms with Crippen molar-refractivity contribution in [1.29, 1.82) is 0 Å². The van der Waals surface area contributed by atoms with Crippen LogP contribution < -0.4 is 0 Å². The van der Waals surface area contributed by atoms with Gasteiger partial charge in [0.05, 0.1) is 12.1 Å². The fourth-order valence-corrected chi connectivity index (χ4v) is 2.82. The molecule has 2 aromatic rings. The van der Waals surface area contributed by atoms with Gasteiger partial charge in [-0.3, -0.25) is 4.79 Å². The Bertz CT molecular complexity index is 750. The van der Waals surface area contributed by atoms with E-state index in [0.717, 1.165) is 18.2 Å². The molecule has 0 spiro atoms. The number of carbonyl (C=O) groups is 1. The predicted octanol–water partition coefficient (Wildman–Crippen LogP) is 1.16. The largest absolute Gasteiger partial charge is 0.327 e. The van der Waals surface area contributed by atoms with Crippen LogP contribution >= 0.6 is 0 Å². The van der Waals surface area contributed by atoms with Gasteiger partial charge in [0, 0.05) is 19.0 Å². The Labute approximate surface area is 134 Å². The minimum atomic E-state index is -0.188. The maximum Gasteiger partial charge on any atom is 0.293 e. The molecule has 1 aliphatic carbocycles. The van der Waals surface area contributed by atoms with Gasteiger partial charge in [0.1, 0.15) is 12.2 Å². The lowest BCUT2D eigenvalue weighted by Crippen LogP contribution is -2.39. The lowest BCUT2D eigenvalue weighted by molar-refractivity contribution is 0.0693. The van der Waals surface area contributed by atoms with Crippen LogP contribution in [0.15, 0.2) is 6.33 Å². The molecule has 0 saturated heterocycles. The molecule has 0 bridgehead atoms. The molecule has 0 unspecified atom stereocenters. The van der Waals surface area contributed by atoms with Crippen LogP contribution in [0.3, 0.4) is 0 Å². The number of nitrogens with zero attached hydrogens (tertiary/aromatic N) is 7. The van der Waals surface area contributed by atoms with Crippen molar-refractivity contribution in [2.24, 2.45) is 0 Å². The standard InChI is InChI=1S/C15H21N7O/c1-15(2,3)22-9-16-12(19-22)14(23)20-6-7-21-11(8-20)17-18-13(21)10-4-5-10/h9-10H,4-8H2,1-3H3. The van der Waals surface area contributed by atoms with Crippen LogP contribution in [-0.4, -0.2) is 46.9 Å². The monoisotopic (exact) mass is 315 g/mol. The first-order valence-electron chi connectivity index (χ1n) is 8.07. The summed E-state index contributed by atoms with van der Waals surface area (Å²) in [5, 5.41) is 12.9. The number of amides is 1. The van der Waals surface area contributed by atoms with Gasteiger partial charge < -0.3 is 9.47 Å². The van der Waals surface area contributed by atoms with Gasteiger partial charge in [0.2, 0.25) is 5.82 Å². The number of hydrogen-bond acceptors (Lipinski definition) is 5. The van der Waals surface area contributed by atoms with Gasteiger partial charge in [0.25, 0.3) is 5.91 Å². The van der Waals surface area contributed by atoms with E-state index in [4.69, 9.17) is 0 Å². The highest BCUT2D eigenvalue weighted by atomic mass is 16.2. The number of carbonyl (C=O) groups excluding carboxylic acids is 1. The maximum atomic E-state index is 12.6. The molecule has 1 amide bonds. The summed E-state index contributed by atoms with van der Waals surface area (Å²) in [6.45, 7) is 7.95.